The normalized spacial score (nSPS) is 11.5. The van der Waals surface area contributed by atoms with Crippen LogP contribution in [0.3, 0.4) is 0 Å². The van der Waals surface area contributed by atoms with Crippen LogP contribution in [0.15, 0.2) is 29.4 Å². The van der Waals surface area contributed by atoms with Gasteiger partial charge in [-0.1, -0.05) is 0 Å². The van der Waals surface area contributed by atoms with Crippen LogP contribution in [0.4, 0.5) is 5.69 Å². The molecule has 7 heteroatoms. The average Bonchev–Trinajstić information content (AvgIpc) is 2.74. The van der Waals surface area contributed by atoms with E-state index in [9.17, 15) is 8.42 Å². The van der Waals surface area contributed by atoms with E-state index in [2.05, 4.69) is 9.71 Å². The zero-order valence-corrected chi connectivity index (χ0v) is 12.2. The van der Waals surface area contributed by atoms with Crippen molar-refractivity contribution in [1.82, 2.24) is 4.98 Å². The van der Waals surface area contributed by atoms with E-state index in [4.69, 9.17) is 5.11 Å². The summed E-state index contributed by atoms with van der Waals surface area (Å²) in [6.07, 6.45) is 3.08. The lowest BCUT2D eigenvalue weighted by Crippen LogP contribution is -2.14. The molecule has 0 aliphatic heterocycles. The van der Waals surface area contributed by atoms with Gasteiger partial charge in [0.15, 0.2) is 0 Å². The van der Waals surface area contributed by atoms with Crippen LogP contribution in [0.2, 0.25) is 0 Å². The molecule has 102 valence electrons. The van der Waals surface area contributed by atoms with Gasteiger partial charge in [0.2, 0.25) is 0 Å². The lowest BCUT2D eigenvalue weighted by Gasteiger charge is -2.09. The van der Waals surface area contributed by atoms with Gasteiger partial charge in [-0.25, -0.2) is 8.42 Å². The van der Waals surface area contributed by atoms with Crippen molar-refractivity contribution in [3.05, 3.63) is 39.8 Å². The average molecular weight is 298 g/mol. The van der Waals surface area contributed by atoms with E-state index in [-0.39, 0.29) is 11.5 Å². The van der Waals surface area contributed by atoms with Crippen molar-refractivity contribution in [3.63, 3.8) is 0 Å². The number of aliphatic hydroxyl groups is 1. The number of sulfonamides is 1. The number of pyridine rings is 1. The molecule has 0 atom stereocenters. The minimum Gasteiger partial charge on any atom is -0.391 e. The van der Waals surface area contributed by atoms with Gasteiger partial charge in [0.05, 0.1) is 18.5 Å². The number of nitrogens with zero attached hydrogens (tertiary/aromatic N) is 1. The molecule has 0 spiro atoms. The van der Waals surface area contributed by atoms with Crippen LogP contribution in [-0.4, -0.2) is 18.5 Å². The summed E-state index contributed by atoms with van der Waals surface area (Å²) in [6.45, 7) is 3.36. The first-order valence-corrected chi connectivity index (χ1v) is 7.87. The fraction of sp³-hybridized carbons (Fsp3) is 0.250. The highest BCUT2D eigenvalue weighted by molar-refractivity contribution is 7.93. The van der Waals surface area contributed by atoms with Crippen molar-refractivity contribution in [2.75, 3.05) is 4.72 Å². The second kappa shape index (κ2) is 5.28. The molecule has 2 aromatic rings. The van der Waals surface area contributed by atoms with Crippen molar-refractivity contribution in [3.8, 4) is 0 Å². The minimum absolute atomic E-state index is 0.160. The van der Waals surface area contributed by atoms with Gasteiger partial charge in [-0.15, -0.1) is 11.3 Å². The van der Waals surface area contributed by atoms with Gasteiger partial charge in [-0.2, -0.15) is 0 Å². The van der Waals surface area contributed by atoms with E-state index >= 15 is 0 Å². The first kappa shape index (κ1) is 14.0. The van der Waals surface area contributed by atoms with E-state index in [1.54, 1.807) is 26.1 Å². The van der Waals surface area contributed by atoms with Crippen molar-refractivity contribution in [1.29, 1.82) is 0 Å². The Balaban J connectivity index is 2.38. The first-order chi connectivity index (χ1) is 8.94. The molecule has 0 aliphatic rings. The SMILES string of the molecule is Cc1ccncc1NS(=O)(=O)c1cc(CO)sc1C. The predicted molar refractivity (Wildman–Crippen MR) is 74.8 cm³/mol. The fourth-order valence-electron chi connectivity index (χ4n) is 1.64. The molecule has 2 rings (SSSR count). The summed E-state index contributed by atoms with van der Waals surface area (Å²) in [5.41, 5.74) is 1.26. The monoisotopic (exact) mass is 298 g/mol. The van der Waals surface area contributed by atoms with Crippen LogP contribution >= 0.6 is 11.3 Å². The number of thiophene rings is 1. The van der Waals surface area contributed by atoms with Gasteiger partial charge in [0.1, 0.15) is 4.90 Å². The molecule has 0 unspecified atom stereocenters. The second-order valence-electron chi connectivity index (χ2n) is 4.09. The molecule has 0 saturated heterocycles. The van der Waals surface area contributed by atoms with Gasteiger partial charge in [0, 0.05) is 16.0 Å². The highest BCUT2D eigenvalue weighted by Gasteiger charge is 2.20. The zero-order chi connectivity index (χ0) is 14.0. The quantitative estimate of drug-likeness (QED) is 0.905. The predicted octanol–water partition coefficient (Wildman–Crippen LogP) is 2.05. The molecule has 2 heterocycles. The Bertz CT molecular complexity index is 693. The Morgan fingerprint density at radius 1 is 1.42 bits per heavy atom. The van der Waals surface area contributed by atoms with Crippen LogP contribution in [0.5, 0.6) is 0 Å². The molecule has 0 aromatic carbocycles. The number of aliphatic hydroxyl groups excluding tert-OH is 1. The topological polar surface area (TPSA) is 79.3 Å². The number of hydrogen-bond donors (Lipinski definition) is 2. The fourth-order valence-corrected chi connectivity index (χ4v) is 4.25. The van der Waals surface area contributed by atoms with Gasteiger partial charge in [0.25, 0.3) is 10.0 Å². The number of hydrogen-bond acceptors (Lipinski definition) is 5. The van der Waals surface area contributed by atoms with Crippen LogP contribution in [-0.2, 0) is 16.6 Å². The Morgan fingerprint density at radius 3 is 2.74 bits per heavy atom. The molecular formula is C12H14N2O3S2. The largest absolute Gasteiger partial charge is 0.391 e. The van der Waals surface area contributed by atoms with Gasteiger partial charge in [-0.05, 0) is 31.5 Å². The van der Waals surface area contributed by atoms with Crippen molar-refractivity contribution in [2.24, 2.45) is 0 Å². The number of aryl methyl sites for hydroxylation is 2. The number of aromatic nitrogens is 1. The Morgan fingerprint density at radius 2 is 2.16 bits per heavy atom. The van der Waals surface area contributed by atoms with E-state index in [1.807, 2.05) is 0 Å². The highest BCUT2D eigenvalue weighted by atomic mass is 32.2. The molecule has 2 N–H and O–H groups in total. The summed E-state index contributed by atoms with van der Waals surface area (Å²) in [4.78, 5) is 5.38. The Labute approximate surface area is 116 Å². The van der Waals surface area contributed by atoms with Crippen LogP contribution in [0.25, 0.3) is 0 Å². The molecular weight excluding hydrogens is 284 g/mol. The van der Waals surface area contributed by atoms with Crippen molar-refractivity contribution >= 4 is 27.0 Å². The summed E-state index contributed by atoms with van der Waals surface area (Å²) in [5.74, 6) is 0. The Hall–Kier alpha value is -1.44. The van der Waals surface area contributed by atoms with Crippen molar-refractivity contribution < 1.29 is 13.5 Å². The molecule has 0 saturated carbocycles. The molecule has 0 radical (unpaired) electrons. The number of rotatable bonds is 4. The smallest absolute Gasteiger partial charge is 0.263 e. The third-order valence-electron chi connectivity index (χ3n) is 2.65. The second-order valence-corrected chi connectivity index (χ2v) is 7.08. The van der Waals surface area contributed by atoms with E-state index < -0.39 is 10.0 Å². The van der Waals surface area contributed by atoms with Crippen LogP contribution < -0.4 is 4.72 Å². The first-order valence-electron chi connectivity index (χ1n) is 5.57. The van der Waals surface area contributed by atoms with E-state index in [0.717, 1.165) is 5.56 Å². The van der Waals surface area contributed by atoms with Crippen molar-refractivity contribution in [2.45, 2.75) is 25.3 Å². The summed E-state index contributed by atoms with van der Waals surface area (Å²) in [6, 6.07) is 3.23. The molecule has 0 aliphatic carbocycles. The number of anilines is 1. The maximum atomic E-state index is 12.3. The van der Waals surface area contributed by atoms with E-state index in [0.29, 0.717) is 15.4 Å². The van der Waals surface area contributed by atoms with Gasteiger partial charge in [-0.3, -0.25) is 9.71 Å². The summed E-state index contributed by atoms with van der Waals surface area (Å²) in [5, 5.41) is 9.06. The van der Waals surface area contributed by atoms with Gasteiger partial charge >= 0.3 is 0 Å². The summed E-state index contributed by atoms with van der Waals surface area (Å²) >= 11 is 1.27. The third kappa shape index (κ3) is 2.94. The molecule has 19 heavy (non-hydrogen) atoms. The molecule has 0 amide bonds. The molecule has 0 fully saturated rings. The lowest BCUT2D eigenvalue weighted by molar-refractivity contribution is 0.285. The Kier molecular flexibility index (Phi) is 3.88. The maximum Gasteiger partial charge on any atom is 0.263 e. The van der Waals surface area contributed by atoms with E-state index in [1.165, 1.54) is 23.6 Å². The standard InChI is InChI=1S/C12H14N2O3S2/c1-8-3-4-13-6-11(8)14-19(16,17)12-5-10(7-15)18-9(12)2/h3-6,14-15H,7H2,1-2H3. The maximum absolute atomic E-state index is 12.3. The third-order valence-corrected chi connectivity index (χ3v) is 5.31. The molecule has 2 aromatic heterocycles. The van der Waals surface area contributed by atoms with Gasteiger partial charge < -0.3 is 5.11 Å². The minimum atomic E-state index is -3.65. The number of nitrogens with one attached hydrogen (secondary N) is 1. The zero-order valence-electron chi connectivity index (χ0n) is 10.5. The molecule has 5 nitrogen and oxygen atoms in total. The van der Waals surface area contributed by atoms with Crippen LogP contribution in [0, 0.1) is 13.8 Å². The molecule has 0 bridgehead atoms. The summed E-state index contributed by atoms with van der Waals surface area (Å²) < 4.78 is 27.1. The van der Waals surface area contributed by atoms with Crippen LogP contribution in [0.1, 0.15) is 15.3 Å². The summed E-state index contributed by atoms with van der Waals surface area (Å²) in [7, 11) is -3.65. The lowest BCUT2D eigenvalue weighted by atomic mass is 10.3. The highest BCUT2D eigenvalue weighted by Crippen LogP contribution is 2.27.